The third kappa shape index (κ3) is 6.65. The lowest BCUT2D eigenvalue weighted by Crippen LogP contribution is -1.88. The molecule has 0 amide bonds. The lowest BCUT2D eigenvalue weighted by Gasteiger charge is -1.88. The SMILES string of the molecule is C=C(N)\C=C/C(C)=C\C=C\C. The van der Waals surface area contributed by atoms with Gasteiger partial charge in [0.2, 0.25) is 0 Å². The Hall–Kier alpha value is -1.24. The van der Waals surface area contributed by atoms with Gasteiger partial charge in [-0.15, -0.1) is 0 Å². The Morgan fingerprint density at radius 1 is 1.36 bits per heavy atom. The molecule has 0 saturated heterocycles. The molecule has 2 N–H and O–H groups in total. The van der Waals surface area contributed by atoms with E-state index in [1.165, 1.54) is 0 Å². The minimum Gasteiger partial charge on any atom is -0.399 e. The molecule has 0 radical (unpaired) electrons. The van der Waals surface area contributed by atoms with Gasteiger partial charge in [-0.1, -0.05) is 36.5 Å². The van der Waals surface area contributed by atoms with Crippen LogP contribution in [-0.4, -0.2) is 0 Å². The van der Waals surface area contributed by atoms with Crippen molar-refractivity contribution in [3.63, 3.8) is 0 Å². The highest BCUT2D eigenvalue weighted by Gasteiger charge is 1.77. The van der Waals surface area contributed by atoms with Gasteiger partial charge in [-0.2, -0.15) is 0 Å². The lowest BCUT2D eigenvalue weighted by atomic mass is 10.2. The van der Waals surface area contributed by atoms with Crippen LogP contribution in [0.1, 0.15) is 13.8 Å². The normalized spacial score (nSPS) is 13.1. The molecule has 0 saturated carbocycles. The van der Waals surface area contributed by atoms with Gasteiger partial charge >= 0.3 is 0 Å². The second-order valence-electron chi connectivity index (χ2n) is 2.34. The molecular formula is C10H15N. The second kappa shape index (κ2) is 5.54. The van der Waals surface area contributed by atoms with Crippen molar-refractivity contribution in [1.29, 1.82) is 0 Å². The van der Waals surface area contributed by atoms with E-state index in [1.54, 1.807) is 6.08 Å². The van der Waals surface area contributed by atoms with Crippen LogP contribution in [0.15, 0.2) is 48.2 Å². The van der Waals surface area contributed by atoms with Gasteiger partial charge in [-0.25, -0.2) is 0 Å². The summed E-state index contributed by atoms with van der Waals surface area (Å²) in [5.74, 6) is 0. The van der Waals surface area contributed by atoms with Gasteiger partial charge in [0, 0.05) is 5.70 Å². The van der Waals surface area contributed by atoms with E-state index in [1.807, 2.05) is 38.2 Å². The number of allylic oxidation sites excluding steroid dienone is 6. The van der Waals surface area contributed by atoms with E-state index < -0.39 is 0 Å². The summed E-state index contributed by atoms with van der Waals surface area (Å²) in [6.07, 6.45) is 9.70. The number of hydrogen-bond acceptors (Lipinski definition) is 1. The van der Waals surface area contributed by atoms with Crippen molar-refractivity contribution in [3.8, 4) is 0 Å². The molecule has 0 aromatic carbocycles. The summed E-state index contributed by atoms with van der Waals surface area (Å²) in [6, 6.07) is 0. The first-order chi connectivity index (χ1) is 5.16. The van der Waals surface area contributed by atoms with Gasteiger partial charge < -0.3 is 5.73 Å². The summed E-state index contributed by atoms with van der Waals surface area (Å²) < 4.78 is 0. The zero-order valence-corrected chi connectivity index (χ0v) is 7.17. The number of nitrogens with two attached hydrogens (primary N) is 1. The molecule has 0 rings (SSSR count). The van der Waals surface area contributed by atoms with Crippen LogP contribution in [0.2, 0.25) is 0 Å². The molecule has 1 nitrogen and oxygen atoms in total. The Morgan fingerprint density at radius 3 is 2.45 bits per heavy atom. The Morgan fingerprint density at radius 2 is 2.00 bits per heavy atom. The van der Waals surface area contributed by atoms with Crippen LogP contribution in [-0.2, 0) is 0 Å². The summed E-state index contributed by atoms with van der Waals surface area (Å²) in [5.41, 5.74) is 7.09. The smallest absolute Gasteiger partial charge is 0.0241 e. The Bertz CT molecular complexity index is 207. The van der Waals surface area contributed by atoms with Crippen molar-refractivity contribution in [2.45, 2.75) is 13.8 Å². The van der Waals surface area contributed by atoms with E-state index in [0.717, 1.165) is 5.57 Å². The molecule has 0 unspecified atom stereocenters. The Kier molecular flexibility index (Phi) is 4.91. The molecule has 0 fully saturated rings. The maximum absolute atomic E-state index is 5.34. The van der Waals surface area contributed by atoms with Gasteiger partial charge in [0.25, 0.3) is 0 Å². The molecule has 0 spiro atoms. The molecule has 0 aliphatic heterocycles. The van der Waals surface area contributed by atoms with Crippen LogP contribution in [0.4, 0.5) is 0 Å². The predicted molar refractivity (Wildman–Crippen MR) is 51.0 cm³/mol. The fourth-order valence-corrected chi connectivity index (χ4v) is 0.542. The average molecular weight is 149 g/mol. The third-order valence-corrected chi connectivity index (χ3v) is 1.11. The average Bonchev–Trinajstić information content (AvgIpc) is 1.97. The number of rotatable bonds is 3. The van der Waals surface area contributed by atoms with E-state index in [-0.39, 0.29) is 0 Å². The van der Waals surface area contributed by atoms with Crippen LogP contribution in [0, 0.1) is 0 Å². The van der Waals surface area contributed by atoms with Crippen molar-refractivity contribution >= 4 is 0 Å². The summed E-state index contributed by atoms with van der Waals surface area (Å²) in [4.78, 5) is 0. The van der Waals surface area contributed by atoms with Crippen molar-refractivity contribution in [1.82, 2.24) is 0 Å². The van der Waals surface area contributed by atoms with Crippen LogP contribution in [0.25, 0.3) is 0 Å². The van der Waals surface area contributed by atoms with E-state index in [4.69, 9.17) is 5.73 Å². The summed E-state index contributed by atoms with van der Waals surface area (Å²) in [7, 11) is 0. The first kappa shape index (κ1) is 9.76. The quantitative estimate of drug-likeness (QED) is 0.613. The summed E-state index contributed by atoms with van der Waals surface area (Å²) in [5, 5.41) is 0. The van der Waals surface area contributed by atoms with Gasteiger partial charge in [-0.05, 0) is 19.9 Å². The van der Waals surface area contributed by atoms with Crippen molar-refractivity contribution in [2.75, 3.05) is 0 Å². The fourth-order valence-electron chi connectivity index (χ4n) is 0.542. The maximum atomic E-state index is 5.34. The fraction of sp³-hybridized carbons (Fsp3) is 0.200. The Labute approximate surface area is 68.6 Å². The van der Waals surface area contributed by atoms with Gasteiger partial charge in [0.1, 0.15) is 0 Å². The van der Waals surface area contributed by atoms with Crippen LogP contribution < -0.4 is 5.73 Å². The topological polar surface area (TPSA) is 26.0 Å². The molecule has 60 valence electrons. The monoisotopic (exact) mass is 149 g/mol. The molecule has 0 aliphatic carbocycles. The minimum atomic E-state index is 0.582. The lowest BCUT2D eigenvalue weighted by molar-refractivity contribution is 1.42. The van der Waals surface area contributed by atoms with Crippen LogP contribution in [0.3, 0.4) is 0 Å². The first-order valence-electron chi connectivity index (χ1n) is 3.59. The molecule has 0 atom stereocenters. The zero-order valence-electron chi connectivity index (χ0n) is 7.17. The third-order valence-electron chi connectivity index (χ3n) is 1.11. The molecular weight excluding hydrogens is 134 g/mol. The molecule has 0 heterocycles. The number of hydrogen-bond donors (Lipinski definition) is 1. The van der Waals surface area contributed by atoms with Gasteiger partial charge in [0.15, 0.2) is 0 Å². The van der Waals surface area contributed by atoms with Crippen molar-refractivity contribution in [2.24, 2.45) is 5.73 Å². The predicted octanol–water partition coefficient (Wildman–Crippen LogP) is 2.54. The molecule has 11 heavy (non-hydrogen) atoms. The maximum Gasteiger partial charge on any atom is 0.0241 e. The highest BCUT2D eigenvalue weighted by atomic mass is 14.5. The molecule has 0 aromatic rings. The van der Waals surface area contributed by atoms with Crippen molar-refractivity contribution in [3.05, 3.63) is 48.2 Å². The molecule has 1 heteroatoms. The van der Waals surface area contributed by atoms with Crippen LogP contribution in [0.5, 0.6) is 0 Å². The van der Waals surface area contributed by atoms with Gasteiger partial charge in [0.05, 0.1) is 0 Å². The van der Waals surface area contributed by atoms with Gasteiger partial charge in [-0.3, -0.25) is 0 Å². The van der Waals surface area contributed by atoms with E-state index in [0.29, 0.717) is 5.70 Å². The van der Waals surface area contributed by atoms with Crippen LogP contribution >= 0.6 is 0 Å². The standard InChI is InChI=1S/C10H15N/c1-4-5-6-9(2)7-8-10(3)11/h4-8H,3,11H2,1-2H3/b5-4+,8-7-,9-6-. The van der Waals surface area contributed by atoms with E-state index in [2.05, 4.69) is 6.58 Å². The summed E-state index contributed by atoms with van der Waals surface area (Å²) >= 11 is 0. The van der Waals surface area contributed by atoms with E-state index >= 15 is 0 Å². The molecule has 0 aliphatic rings. The minimum absolute atomic E-state index is 0.582. The van der Waals surface area contributed by atoms with E-state index in [9.17, 15) is 0 Å². The first-order valence-corrected chi connectivity index (χ1v) is 3.59. The highest BCUT2D eigenvalue weighted by molar-refractivity contribution is 5.26. The summed E-state index contributed by atoms with van der Waals surface area (Å²) in [6.45, 7) is 7.55. The molecule has 0 aromatic heterocycles. The Balaban J connectivity index is 4.05. The largest absolute Gasteiger partial charge is 0.399 e. The second-order valence-corrected chi connectivity index (χ2v) is 2.34. The zero-order chi connectivity index (χ0) is 8.69. The highest BCUT2D eigenvalue weighted by Crippen LogP contribution is 1.96. The van der Waals surface area contributed by atoms with Crippen molar-refractivity contribution < 1.29 is 0 Å². The molecule has 0 bridgehead atoms.